The number of carbonyl (C=O) groups is 1. The first-order valence-electron chi connectivity index (χ1n) is 8.58. The number of amides is 1. The molecule has 7 heteroatoms. The van der Waals surface area contributed by atoms with Gasteiger partial charge in [0.2, 0.25) is 5.89 Å². The van der Waals surface area contributed by atoms with Crippen LogP contribution in [0.15, 0.2) is 69.8 Å². The molecular formula is C21H16BrN3O3. The highest BCUT2D eigenvalue weighted by atomic mass is 79.9. The summed E-state index contributed by atoms with van der Waals surface area (Å²) in [5.74, 6) is 0.870. The van der Waals surface area contributed by atoms with Crippen molar-refractivity contribution < 1.29 is 13.9 Å². The lowest BCUT2D eigenvalue weighted by Crippen LogP contribution is -2.20. The molecule has 2 heterocycles. The molecule has 0 saturated carbocycles. The average molecular weight is 438 g/mol. The van der Waals surface area contributed by atoms with Crippen molar-refractivity contribution in [3.05, 3.63) is 71.0 Å². The van der Waals surface area contributed by atoms with Gasteiger partial charge in [0.25, 0.3) is 5.91 Å². The fourth-order valence-corrected chi connectivity index (χ4v) is 3.00. The maximum absolute atomic E-state index is 12.2. The van der Waals surface area contributed by atoms with Crippen LogP contribution < -0.4 is 10.1 Å². The highest BCUT2D eigenvalue weighted by molar-refractivity contribution is 9.10. The van der Waals surface area contributed by atoms with Crippen LogP contribution in [0, 0.1) is 6.92 Å². The van der Waals surface area contributed by atoms with Gasteiger partial charge in [-0.1, -0.05) is 17.7 Å². The molecule has 1 amide bonds. The second-order valence-corrected chi connectivity index (χ2v) is 7.16. The number of hydrogen-bond acceptors (Lipinski definition) is 5. The first kappa shape index (κ1) is 18.2. The van der Waals surface area contributed by atoms with Crippen LogP contribution in [0.25, 0.3) is 22.6 Å². The maximum atomic E-state index is 12.2. The summed E-state index contributed by atoms with van der Waals surface area (Å²) < 4.78 is 12.1. The molecule has 2 aromatic heterocycles. The number of oxazole rings is 1. The quantitative estimate of drug-likeness (QED) is 0.476. The van der Waals surface area contributed by atoms with E-state index in [1.54, 1.807) is 30.6 Å². The van der Waals surface area contributed by atoms with Crippen LogP contribution in [0.1, 0.15) is 5.56 Å². The number of nitrogens with zero attached hydrogens (tertiary/aromatic N) is 2. The van der Waals surface area contributed by atoms with Gasteiger partial charge >= 0.3 is 0 Å². The first-order chi connectivity index (χ1) is 13.6. The van der Waals surface area contributed by atoms with Gasteiger partial charge in [0.1, 0.15) is 11.3 Å². The molecule has 0 aliphatic rings. The van der Waals surface area contributed by atoms with E-state index in [0.29, 0.717) is 28.4 Å². The SMILES string of the molecule is Cc1ccc(OCC(=O)Nc2ccc3oc(-c4cncc(Br)c4)nc3c2)cc1. The third kappa shape index (κ3) is 4.20. The Labute approximate surface area is 169 Å². The van der Waals surface area contributed by atoms with Crippen LogP contribution in [0.5, 0.6) is 5.75 Å². The Morgan fingerprint density at radius 3 is 2.75 bits per heavy atom. The third-order valence-corrected chi connectivity index (χ3v) is 4.45. The zero-order chi connectivity index (χ0) is 19.5. The Bertz CT molecular complexity index is 1140. The van der Waals surface area contributed by atoms with E-state index in [1.165, 1.54) is 0 Å². The molecule has 0 aliphatic carbocycles. The molecule has 6 nitrogen and oxygen atoms in total. The lowest BCUT2D eigenvalue weighted by atomic mass is 10.2. The van der Waals surface area contributed by atoms with Crippen molar-refractivity contribution in [3.63, 3.8) is 0 Å². The van der Waals surface area contributed by atoms with Gasteiger partial charge in [-0.05, 0) is 59.3 Å². The smallest absolute Gasteiger partial charge is 0.262 e. The molecule has 4 rings (SSSR count). The molecule has 0 saturated heterocycles. The zero-order valence-corrected chi connectivity index (χ0v) is 16.6. The number of halogens is 1. The second-order valence-electron chi connectivity index (χ2n) is 6.24. The molecular weight excluding hydrogens is 422 g/mol. The number of anilines is 1. The van der Waals surface area contributed by atoms with Crippen LogP contribution in [0.2, 0.25) is 0 Å². The summed E-state index contributed by atoms with van der Waals surface area (Å²) in [5.41, 5.74) is 3.80. The molecule has 4 aromatic rings. The average Bonchev–Trinajstić information content (AvgIpc) is 3.11. The van der Waals surface area contributed by atoms with Gasteiger partial charge in [0, 0.05) is 22.6 Å². The summed E-state index contributed by atoms with van der Waals surface area (Å²) in [4.78, 5) is 20.8. The fourth-order valence-electron chi connectivity index (χ4n) is 2.64. The Morgan fingerprint density at radius 1 is 1.14 bits per heavy atom. The molecule has 0 aliphatic heterocycles. The topological polar surface area (TPSA) is 77.2 Å². The predicted molar refractivity (Wildman–Crippen MR) is 110 cm³/mol. The Morgan fingerprint density at radius 2 is 1.96 bits per heavy atom. The number of aryl methyl sites for hydroxylation is 1. The summed E-state index contributed by atoms with van der Waals surface area (Å²) in [7, 11) is 0. The lowest BCUT2D eigenvalue weighted by molar-refractivity contribution is -0.118. The summed E-state index contributed by atoms with van der Waals surface area (Å²) in [5, 5.41) is 2.81. The number of rotatable bonds is 5. The third-order valence-electron chi connectivity index (χ3n) is 4.01. The normalized spacial score (nSPS) is 10.8. The van der Waals surface area contributed by atoms with Crippen molar-refractivity contribution in [3.8, 4) is 17.2 Å². The van der Waals surface area contributed by atoms with Crippen LogP contribution in [0.4, 0.5) is 5.69 Å². The van der Waals surface area contributed by atoms with Gasteiger partial charge in [-0.25, -0.2) is 4.98 Å². The summed E-state index contributed by atoms with van der Waals surface area (Å²) in [6, 6.07) is 14.7. The van der Waals surface area contributed by atoms with Gasteiger partial charge in [-0.3, -0.25) is 9.78 Å². The first-order valence-corrected chi connectivity index (χ1v) is 9.37. The van der Waals surface area contributed by atoms with E-state index in [0.717, 1.165) is 15.6 Å². The highest BCUT2D eigenvalue weighted by Crippen LogP contribution is 2.27. The molecule has 0 bridgehead atoms. The molecule has 0 atom stereocenters. The van der Waals surface area contributed by atoms with E-state index in [-0.39, 0.29) is 12.5 Å². The minimum Gasteiger partial charge on any atom is -0.484 e. The van der Waals surface area contributed by atoms with Crippen LogP contribution in [-0.4, -0.2) is 22.5 Å². The largest absolute Gasteiger partial charge is 0.484 e. The maximum Gasteiger partial charge on any atom is 0.262 e. The number of nitrogens with one attached hydrogen (secondary N) is 1. The summed E-state index contributed by atoms with van der Waals surface area (Å²) in [6.07, 6.45) is 3.37. The van der Waals surface area contributed by atoms with Crippen molar-refractivity contribution >= 4 is 38.6 Å². The van der Waals surface area contributed by atoms with Gasteiger partial charge in [0.15, 0.2) is 12.2 Å². The molecule has 140 valence electrons. The highest BCUT2D eigenvalue weighted by Gasteiger charge is 2.11. The van der Waals surface area contributed by atoms with Gasteiger partial charge < -0.3 is 14.5 Å². The van der Waals surface area contributed by atoms with Crippen LogP contribution in [-0.2, 0) is 4.79 Å². The van der Waals surface area contributed by atoms with Crippen molar-refractivity contribution in [1.82, 2.24) is 9.97 Å². The standard InChI is InChI=1S/C21H16BrN3O3/c1-13-2-5-17(6-3-13)27-12-20(26)24-16-4-7-19-18(9-16)25-21(28-19)14-8-15(22)11-23-10-14/h2-11H,12H2,1H3,(H,24,26). The Hall–Kier alpha value is -3.19. The molecule has 0 fully saturated rings. The van der Waals surface area contributed by atoms with Crippen molar-refractivity contribution in [2.75, 3.05) is 11.9 Å². The van der Waals surface area contributed by atoms with E-state index in [9.17, 15) is 4.79 Å². The summed E-state index contributed by atoms with van der Waals surface area (Å²) >= 11 is 3.39. The van der Waals surface area contributed by atoms with E-state index in [4.69, 9.17) is 9.15 Å². The molecule has 0 unspecified atom stereocenters. The van der Waals surface area contributed by atoms with Crippen LogP contribution >= 0.6 is 15.9 Å². The fraction of sp³-hybridized carbons (Fsp3) is 0.0952. The predicted octanol–water partition coefficient (Wildman–Crippen LogP) is 4.98. The zero-order valence-electron chi connectivity index (χ0n) is 15.0. The minimum atomic E-state index is -0.250. The number of aromatic nitrogens is 2. The summed E-state index contributed by atoms with van der Waals surface area (Å²) in [6.45, 7) is 1.92. The van der Waals surface area contributed by atoms with Crippen molar-refractivity contribution in [2.24, 2.45) is 0 Å². The van der Waals surface area contributed by atoms with Crippen molar-refractivity contribution in [2.45, 2.75) is 6.92 Å². The number of benzene rings is 2. The second kappa shape index (κ2) is 7.82. The monoisotopic (exact) mass is 437 g/mol. The van der Waals surface area contributed by atoms with Crippen LogP contribution in [0.3, 0.4) is 0 Å². The minimum absolute atomic E-state index is 0.0745. The van der Waals surface area contributed by atoms with E-state index < -0.39 is 0 Å². The number of pyridine rings is 1. The number of hydrogen-bond donors (Lipinski definition) is 1. The number of carbonyl (C=O) groups excluding carboxylic acids is 1. The molecule has 28 heavy (non-hydrogen) atoms. The Kier molecular flexibility index (Phi) is 5.08. The Balaban J connectivity index is 1.45. The molecule has 1 N–H and O–H groups in total. The van der Waals surface area contributed by atoms with Gasteiger partial charge in [-0.2, -0.15) is 0 Å². The molecule has 2 aromatic carbocycles. The molecule has 0 spiro atoms. The number of fused-ring (bicyclic) bond motifs is 1. The number of ether oxygens (including phenoxy) is 1. The van der Waals surface area contributed by atoms with Crippen molar-refractivity contribution in [1.29, 1.82) is 0 Å². The van der Waals surface area contributed by atoms with E-state index >= 15 is 0 Å². The lowest BCUT2D eigenvalue weighted by Gasteiger charge is -2.07. The van der Waals surface area contributed by atoms with E-state index in [2.05, 4.69) is 31.2 Å². The van der Waals surface area contributed by atoms with Gasteiger partial charge in [0.05, 0.1) is 5.56 Å². The van der Waals surface area contributed by atoms with E-state index in [1.807, 2.05) is 37.3 Å². The molecule has 0 radical (unpaired) electrons. The van der Waals surface area contributed by atoms with Gasteiger partial charge in [-0.15, -0.1) is 0 Å².